The summed E-state index contributed by atoms with van der Waals surface area (Å²) in [5.41, 5.74) is 0.179. The molecule has 1 aromatic heterocycles. The lowest BCUT2D eigenvalue weighted by Crippen LogP contribution is -2.51. The van der Waals surface area contributed by atoms with E-state index in [-0.39, 0.29) is 28.6 Å². The fraction of sp³-hybridized carbons (Fsp3) is 0.500. The molecule has 8 nitrogen and oxygen atoms in total. The predicted octanol–water partition coefficient (Wildman–Crippen LogP) is 3.80. The largest absolute Gasteiger partial charge is 0.490 e. The summed E-state index contributed by atoms with van der Waals surface area (Å²) in [6.45, 7) is 1.90. The Hall–Kier alpha value is -2.95. The van der Waals surface area contributed by atoms with E-state index in [0.717, 1.165) is 26.0 Å². The molecule has 0 spiro atoms. The Morgan fingerprint density at radius 1 is 1.11 bits per heavy atom. The number of pyridine rings is 1. The number of hydrogen-bond donors (Lipinski definition) is 0. The molecule has 2 aliphatic rings. The first-order chi connectivity index (χ1) is 16.3. The highest BCUT2D eigenvalue weighted by atomic mass is 32.2. The fourth-order valence-corrected chi connectivity index (χ4v) is 5.26. The van der Waals surface area contributed by atoms with Crippen LogP contribution in [-0.2, 0) is 14.6 Å². The van der Waals surface area contributed by atoms with Gasteiger partial charge in [0.1, 0.15) is 11.9 Å². The zero-order chi connectivity index (χ0) is 25.5. The first-order valence-corrected chi connectivity index (χ1v) is 13.3. The van der Waals surface area contributed by atoms with Gasteiger partial charge in [0.15, 0.2) is 15.9 Å². The van der Waals surface area contributed by atoms with Crippen molar-refractivity contribution in [3.8, 4) is 11.4 Å². The van der Waals surface area contributed by atoms with Crippen molar-refractivity contribution in [2.75, 3.05) is 6.26 Å². The second-order valence-corrected chi connectivity index (χ2v) is 11.3. The van der Waals surface area contributed by atoms with E-state index in [1.807, 2.05) is 0 Å². The molecule has 3 atom stereocenters. The molecule has 1 unspecified atom stereocenters. The van der Waals surface area contributed by atoms with Crippen LogP contribution >= 0.6 is 0 Å². The molecule has 0 N–H and O–H groups in total. The van der Waals surface area contributed by atoms with Gasteiger partial charge in [-0.05, 0) is 50.1 Å². The highest BCUT2D eigenvalue weighted by molar-refractivity contribution is 7.90. The van der Waals surface area contributed by atoms with Crippen molar-refractivity contribution in [2.45, 2.75) is 74.6 Å². The van der Waals surface area contributed by atoms with E-state index in [1.165, 1.54) is 29.7 Å². The number of piperidine rings is 1. The molecular formula is C24H28F2N2O6S. The summed E-state index contributed by atoms with van der Waals surface area (Å²) in [5.74, 6) is -2.73. The van der Waals surface area contributed by atoms with E-state index in [4.69, 9.17) is 9.47 Å². The highest BCUT2D eigenvalue weighted by Gasteiger charge is 2.46. The van der Waals surface area contributed by atoms with E-state index >= 15 is 0 Å². The number of sulfone groups is 1. The number of ether oxygens (including phenoxy) is 2. The maximum atomic E-state index is 13.4. The second kappa shape index (κ2) is 9.25. The first kappa shape index (κ1) is 25.2. The molecule has 2 saturated heterocycles. The molecule has 0 aliphatic carbocycles. The Bertz CT molecular complexity index is 1240. The Labute approximate surface area is 202 Å². The molecule has 190 valence electrons. The Balaban J connectivity index is 1.41. The molecule has 0 saturated carbocycles. The highest BCUT2D eigenvalue weighted by Crippen LogP contribution is 2.38. The number of carbonyl (C=O) groups excluding carboxylic acids is 1. The van der Waals surface area contributed by atoms with Gasteiger partial charge in [0.05, 0.1) is 4.90 Å². The SMILES string of the molecule is CC(OC(=O)N1[C@@H]2CC[C@@H]1CC(Oc1ccn(-c3ccc(S(C)(=O)=O)cc3)c(=O)c1)C2)C(C)(F)F. The number of rotatable bonds is 6. The monoisotopic (exact) mass is 510 g/mol. The number of halogens is 2. The van der Waals surface area contributed by atoms with Crippen LogP contribution < -0.4 is 10.3 Å². The van der Waals surface area contributed by atoms with Crippen molar-refractivity contribution in [3.63, 3.8) is 0 Å². The van der Waals surface area contributed by atoms with Crippen LogP contribution in [0, 0.1) is 0 Å². The summed E-state index contributed by atoms with van der Waals surface area (Å²) < 4.78 is 62.5. The van der Waals surface area contributed by atoms with Crippen LogP contribution in [-0.4, -0.2) is 60.4 Å². The predicted molar refractivity (Wildman–Crippen MR) is 124 cm³/mol. The third-order valence-electron chi connectivity index (χ3n) is 6.63. The minimum atomic E-state index is -3.33. The Kier molecular flexibility index (Phi) is 6.65. The maximum Gasteiger partial charge on any atom is 0.410 e. The number of hydrogen-bond acceptors (Lipinski definition) is 6. The molecular weight excluding hydrogens is 482 g/mol. The topological polar surface area (TPSA) is 94.9 Å². The minimum absolute atomic E-state index is 0.164. The third kappa shape index (κ3) is 5.50. The number of amides is 1. The van der Waals surface area contributed by atoms with Gasteiger partial charge in [0.25, 0.3) is 11.5 Å². The van der Waals surface area contributed by atoms with Crippen molar-refractivity contribution in [3.05, 3.63) is 52.9 Å². The molecule has 2 aromatic rings. The summed E-state index contributed by atoms with van der Waals surface area (Å²) in [5, 5.41) is 0. The molecule has 4 rings (SSSR count). The summed E-state index contributed by atoms with van der Waals surface area (Å²) in [6, 6.07) is 8.67. The molecule has 1 amide bonds. The van der Waals surface area contributed by atoms with Crippen LogP contribution in [0.5, 0.6) is 5.75 Å². The first-order valence-electron chi connectivity index (χ1n) is 11.4. The van der Waals surface area contributed by atoms with Gasteiger partial charge in [-0.2, -0.15) is 0 Å². The molecule has 3 heterocycles. The molecule has 35 heavy (non-hydrogen) atoms. The number of alkyl halides is 2. The van der Waals surface area contributed by atoms with Crippen LogP contribution in [0.25, 0.3) is 5.69 Å². The average Bonchev–Trinajstić information content (AvgIpc) is 3.03. The van der Waals surface area contributed by atoms with Crippen LogP contribution in [0.3, 0.4) is 0 Å². The smallest absolute Gasteiger partial charge is 0.410 e. The van der Waals surface area contributed by atoms with E-state index in [9.17, 15) is 26.8 Å². The Morgan fingerprint density at radius 2 is 1.71 bits per heavy atom. The average molecular weight is 511 g/mol. The van der Waals surface area contributed by atoms with Crippen molar-refractivity contribution in [1.82, 2.24) is 9.47 Å². The molecule has 11 heteroatoms. The molecule has 0 radical (unpaired) electrons. The summed E-state index contributed by atoms with van der Waals surface area (Å²) in [4.78, 5) is 26.9. The summed E-state index contributed by atoms with van der Waals surface area (Å²) in [7, 11) is -3.33. The molecule has 1 aromatic carbocycles. The van der Waals surface area contributed by atoms with Gasteiger partial charge in [-0.25, -0.2) is 22.0 Å². The quantitative estimate of drug-likeness (QED) is 0.587. The van der Waals surface area contributed by atoms with Gasteiger partial charge < -0.3 is 14.4 Å². The number of nitrogens with zero attached hydrogens (tertiary/aromatic N) is 2. The van der Waals surface area contributed by atoms with Crippen LogP contribution in [0.1, 0.15) is 39.5 Å². The Morgan fingerprint density at radius 3 is 2.23 bits per heavy atom. The van der Waals surface area contributed by atoms with Gasteiger partial charge in [-0.1, -0.05) is 0 Å². The molecule has 2 bridgehead atoms. The fourth-order valence-electron chi connectivity index (χ4n) is 4.63. The second-order valence-electron chi connectivity index (χ2n) is 9.32. The van der Waals surface area contributed by atoms with Crippen LogP contribution in [0.15, 0.2) is 52.3 Å². The minimum Gasteiger partial charge on any atom is -0.490 e. The number of carbonyl (C=O) groups is 1. The third-order valence-corrected chi connectivity index (χ3v) is 7.76. The lowest BCUT2D eigenvalue weighted by Gasteiger charge is -2.38. The zero-order valence-corrected chi connectivity index (χ0v) is 20.5. The van der Waals surface area contributed by atoms with E-state index < -0.39 is 28.0 Å². The summed E-state index contributed by atoms with van der Waals surface area (Å²) >= 11 is 0. The van der Waals surface area contributed by atoms with Crippen LogP contribution in [0.2, 0.25) is 0 Å². The van der Waals surface area contributed by atoms with E-state index in [2.05, 4.69) is 0 Å². The van der Waals surface area contributed by atoms with Gasteiger partial charge >= 0.3 is 6.09 Å². The number of aromatic nitrogens is 1. The van der Waals surface area contributed by atoms with Crippen LogP contribution in [0.4, 0.5) is 13.6 Å². The van der Waals surface area contributed by atoms with Crippen molar-refractivity contribution >= 4 is 15.9 Å². The van der Waals surface area contributed by atoms with Gasteiger partial charge in [0, 0.05) is 56.1 Å². The standard InChI is InChI=1S/C24H28F2N2O6S/c1-15(24(2,25)26)33-23(30)28-17-4-5-18(28)13-20(12-17)34-19-10-11-27(22(29)14-19)16-6-8-21(9-7-16)35(3,31)32/h6-11,14-15,17-18,20H,4-5,12-13H2,1-3H3/t15?,17-,18-/m1/s1. The lowest BCUT2D eigenvalue weighted by atomic mass is 10.00. The van der Waals surface area contributed by atoms with Crippen molar-refractivity contribution in [1.29, 1.82) is 0 Å². The van der Waals surface area contributed by atoms with Gasteiger partial charge in [0.2, 0.25) is 0 Å². The summed E-state index contributed by atoms with van der Waals surface area (Å²) in [6.07, 6.45) is 2.70. The van der Waals surface area contributed by atoms with Crippen molar-refractivity contribution in [2.24, 2.45) is 0 Å². The normalized spacial score (nSPS) is 23.1. The lowest BCUT2D eigenvalue weighted by molar-refractivity contribution is -0.0989. The maximum absolute atomic E-state index is 13.4. The van der Waals surface area contributed by atoms with Gasteiger partial charge in [-0.3, -0.25) is 9.36 Å². The van der Waals surface area contributed by atoms with Gasteiger partial charge in [-0.15, -0.1) is 0 Å². The number of fused-ring (bicyclic) bond motifs is 2. The zero-order valence-electron chi connectivity index (χ0n) is 19.7. The molecule has 2 aliphatic heterocycles. The molecule has 2 fully saturated rings. The number of benzene rings is 1. The van der Waals surface area contributed by atoms with Crippen molar-refractivity contribution < 1.29 is 31.5 Å². The van der Waals surface area contributed by atoms with E-state index in [0.29, 0.717) is 24.3 Å². The van der Waals surface area contributed by atoms with E-state index in [1.54, 1.807) is 29.3 Å².